The third kappa shape index (κ3) is 12.2. The molecule has 0 heterocycles. The number of unbranched alkanes of at least 4 members (excludes halogenated alkanes) is 7. The lowest BCUT2D eigenvalue weighted by atomic mass is 10.2. The first-order chi connectivity index (χ1) is 6.91. The molecule has 0 amide bonds. The molecule has 0 unspecified atom stereocenters. The number of hydrogen-bond acceptors (Lipinski definition) is 0. The molecular weight excluding hydrogens is 184 g/mol. The molecule has 0 saturated carbocycles. The fourth-order valence-electron chi connectivity index (χ4n) is 1.66. The molecule has 0 bridgehead atoms. The Morgan fingerprint density at radius 1 is 0.571 bits per heavy atom. The van der Waals surface area contributed by atoms with E-state index in [1.807, 2.05) is 0 Å². The van der Waals surface area contributed by atoms with Crippen molar-refractivity contribution in [1.82, 2.24) is 0 Å². The van der Waals surface area contributed by atoms with Crippen LogP contribution >= 0.6 is 0 Å². The molecule has 0 fully saturated rings. The first-order valence-electron chi connectivity index (χ1n) is 6.62. The SMILES string of the molecule is CCCCCCC[Si]CCCCCC. The summed E-state index contributed by atoms with van der Waals surface area (Å²) in [6.07, 6.45) is 13.0. The van der Waals surface area contributed by atoms with Crippen LogP contribution < -0.4 is 0 Å². The Bertz CT molecular complexity index is 79.2. The number of rotatable bonds is 11. The van der Waals surface area contributed by atoms with Gasteiger partial charge in [0.1, 0.15) is 0 Å². The summed E-state index contributed by atoms with van der Waals surface area (Å²) in [6, 6.07) is 3.02. The lowest BCUT2D eigenvalue weighted by molar-refractivity contribution is 0.653. The first-order valence-corrected chi connectivity index (χ1v) is 8.04. The summed E-state index contributed by atoms with van der Waals surface area (Å²) in [4.78, 5) is 0. The molecule has 84 valence electrons. The molecule has 1 heteroatoms. The van der Waals surface area contributed by atoms with E-state index in [1.54, 1.807) is 0 Å². The molecule has 0 aliphatic heterocycles. The van der Waals surface area contributed by atoms with Gasteiger partial charge in [-0.05, 0) is 0 Å². The van der Waals surface area contributed by atoms with Gasteiger partial charge in [0.15, 0.2) is 0 Å². The van der Waals surface area contributed by atoms with Crippen LogP contribution in [-0.2, 0) is 0 Å². The average molecular weight is 212 g/mol. The van der Waals surface area contributed by atoms with Gasteiger partial charge in [-0.15, -0.1) is 0 Å². The van der Waals surface area contributed by atoms with E-state index < -0.39 is 0 Å². The minimum Gasteiger partial charge on any atom is -0.0654 e. The Kier molecular flexibility index (Phi) is 13.4. The average Bonchev–Trinajstić information content (AvgIpc) is 2.21. The fraction of sp³-hybridized carbons (Fsp3) is 1.00. The van der Waals surface area contributed by atoms with Gasteiger partial charge in [0.05, 0.1) is 0 Å². The van der Waals surface area contributed by atoms with Gasteiger partial charge in [0.25, 0.3) is 0 Å². The summed E-state index contributed by atoms with van der Waals surface area (Å²) in [7, 11) is 1.26. The molecule has 0 spiro atoms. The molecule has 14 heavy (non-hydrogen) atoms. The summed E-state index contributed by atoms with van der Waals surface area (Å²) in [5.41, 5.74) is 0. The van der Waals surface area contributed by atoms with E-state index in [1.165, 1.54) is 79.4 Å². The third-order valence-corrected chi connectivity index (χ3v) is 4.08. The van der Waals surface area contributed by atoms with Gasteiger partial charge in [-0.25, -0.2) is 0 Å². The summed E-state index contributed by atoms with van der Waals surface area (Å²) in [5, 5.41) is 0. The molecular formula is C13H28Si. The lowest BCUT2D eigenvalue weighted by Gasteiger charge is -2.00. The maximum Gasteiger partial charge on any atom is 0.0378 e. The highest BCUT2D eigenvalue weighted by molar-refractivity contribution is 6.35. The zero-order valence-electron chi connectivity index (χ0n) is 10.3. The van der Waals surface area contributed by atoms with Crippen molar-refractivity contribution in [2.75, 3.05) is 0 Å². The van der Waals surface area contributed by atoms with Crippen LogP contribution in [0.1, 0.15) is 71.6 Å². The van der Waals surface area contributed by atoms with E-state index >= 15 is 0 Å². The second-order valence-corrected chi connectivity index (χ2v) is 5.72. The van der Waals surface area contributed by atoms with Crippen LogP contribution in [0.2, 0.25) is 12.1 Å². The van der Waals surface area contributed by atoms with E-state index in [2.05, 4.69) is 13.8 Å². The second kappa shape index (κ2) is 13.2. The maximum atomic E-state index is 2.29. The highest BCUT2D eigenvalue weighted by atomic mass is 28.2. The molecule has 0 aliphatic carbocycles. The molecule has 0 atom stereocenters. The Hall–Kier alpha value is 0.217. The van der Waals surface area contributed by atoms with Crippen molar-refractivity contribution in [3.63, 3.8) is 0 Å². The van der Waals surface area contributed by atoms with E-state index in [9.17, 15) is 0 Å². The number of hydrogen-bond donors (Lipinski definition) is 0. The fourth-order valence-corrected chi connectivity index (χ4v) is 2.91. The minimum absolute atomic E-state index is 1.26. The van der Waals surface area contributed by atoms with Crippen LogP contribution in [0.3, 0.4) is 0 Å². The van der Waals surface area contributed by atoms with E-state index in [4.69, 9.17) is 0 Å². The van der Waals surface area contributed by atoms with Gasteiger partial charge in [0.2, 0.25) is 0 Å². The maximum absolute atomic E-state index is 2.29. The molecule has 0 N–H and O–H groups in total. The van der Waals surface area contributed by atoms with Crippen molar-refractivity contribution in [1.29, 1.82) is 0 Å². The topological polar surface area (TPSA) is 0 Å². The van der Waals surface area contributed by atoms with E-state index in [0.29, 0.717) is 0 Å². The smallest absolute Gasteiger partial charge is 0.0378 e. The molecule has 0 aromatic carbocycles. The van der Waals surface area contributed by atoms with Gasteiger partial charge in [-0.2, -0.15) is 0 Å². The zero-order chi connectivity index (χ0) is 10.5. The predicted molar refractivity (Wildman–Crippen MR) is 68.3 cm³/mol. The van der Waals surface area contributed by atoms with Gasteiger partial charge < -0.3 is 0 Å². The van der Waals surface area contributed by atoms with Crippen LogP contribution in [0.5, 0.6) is 0 Å². The molecule has 0 saturated heterocycles. The van der Waals surface area contributed by atoms with Gasteiger partial charge >= 0.3 is 0 Å². The summed E-state index contributed by atoms with van der Waals surface area (Å²) < 4.78 is 0. The molecule has 0 aromatic rings. The van der Waals surface area contributed by atoms with Crippen LogP contribution in [0, 0.1) is 0 Å². The largest absolute Gasteiger partial charge is 0.0654 e. The Morgan fingerprint density at radius 3 is 1.50 bits per heavy atom. The van der Waals surface area contributed by atoms with Crippen molar-refractivity contribution in [3.8, 4) is 0 Å². The van der Waals surface area contributed by atoms with Crippen molar-refractivity contribution >= 4 is 9.52 Å². The van der Waals surface area contributed by atoms with Crippen molar-refractivity contribution in [3.05, 3.63) is 0 Å². The van der Waals surface area contributed by atoms with Crippen LogP contribution in [0.25, 0.3) is 0 Å². The predicted octanol–water partition coefficient (Wildman–Crippen LogP) is 5.08. The van der Waals surface area contributed by atoms with Gasteiger partial charge in [-0.1, -0.05) is 83.7 Å². The zero-order valence-corrected chi connectivity index (χ0v) is 11.3. The van der Waals surface area contributed by atoms with Crippen LogP contribution in [-0.4, -0.2) is 9.52 Å². The molecule has 0 aliphatic rings. The Morgan fingerprint density at radius 2 is 1.00 bits per heavy atom. The monoisotopic (exact) mass is 212 g/mol. The van der Waals surface area contributed by atoms with Crippen molar-refractivity contribution < 1.29 is 0 Å². The van der Waals surface area contributed by atoms with Crippen LogP contribution in [0.4, 0.5) is 0 Å². The van der Waals surface area contributed by atoms with E-state index in [-0.39, 0.29) is 0 Å². The molecule has 0 nitrogen and oxygen atoms in total. The van der Waals surface area contributed by atoms with Gasteiger partial charge in [-0.3, -0.25) is 0 Å². The van der Waals surface area contributed by atoms with Crippen molar-refractivity contribution in [2.24, 2.45) is 0 Å². The summed E-state index contributed by atoms with van der Waals surface area (Å²) >= 11 is 0. The standard InChI is InChI=1S/C13H28Si/c1-3-5-7-9-11-13-14-12-10-8-6-4-2/h3-13H2,1-2H3. The summed E-state index contributed by atoms with van der Waals surface area (Å²) in [6.45, 7) is 4.57. The lowest BCUT2D eigenvalue weighted by Crippen LogP contribution is -1.89. The van der Waals surface area contributed by atoms with Gasteiger partial charge in [0, 0.05) is 9.52 Å². The first kappa shape index (κ1) is 14.2. The molecule has 2 radical (unpaired) electrons. The third-order valence-electron chi connectivity index (χ3n) is 2.66. The van der Waals surface area contributed by atoms with E-state index in [0.717, 1.165) is 0 Å². The molecule has 0 aromatic heterocycles. The highest BCUT2D eigenvalue weighted by Gasteiger charge is 1.92. The minimum atomic E-state index is 1.26. The second-order valence-electron chi connectivity index (χ2n) is 4.22. The Labute approximate surface area is 93.7 Å². The van der Waals surface area contributed by atoms with Crippen molar-refractivity contribution in [2.45, 2.75) is 83.7 Å². The Balaban J connectivity index is 2.78. The van der Waals surface area contributed by atoms with Crippen LogP contribution in [0.15, 0.2) is 0 Å². The normalized spacial score (nSPS) is 10.7. The highest BCUT2D eigenvalue weighted by Crippen LogP contribution is 2.08. The quantitative estimate of drug-likeness (QED) is 0.331. The molecule has 0 rings (SSSR count). The summed E-state index contributed by atoms with van der Waals surface area (Å²) in [5.74, 6) is 0.